The van der Waals surface area contributed by atoms with E-state index in [1.54, 1.807) is 0 Å². The highest BCUT2D eigenvalue weighted by Gasteiger charge is 2.20. The van der Waals surface area contributed by atoms with Crippen LogP contribution in [-0.2, 0) is 5.41 Å². The van der Waals surface area contributed by atoms with Gasteiger partial charge in [0, 0.05) is 21.5 Å². The lowest BCUT2D eigenvalue weighted by molar-refractivity contribution is 0.591. The molecule has 1 nitrogen and oxygen atoms in total. The molecule has 0 atom stereocenters. The third-order valence-corrected chi connectivity index (χ3v) is 7.33. The van der Waals surface area contributed by atoms with Crippen molar-refractivity contribution in [2.24, 2.45) is 0 Å². The summed E-state index contributed by atoms with van der Waals surface area (Å²) in [6.07, 6.45) is 6.42. The van der Waals surface area contributed by atoms with E-state index in [1.807, 2.05) is 0 Å². The van der Waals surface area contributed by atoms with Gasteiger partial charge in [-0.15, -0.1) is 0 Å². The first-order valence-corrected chi connectivity index (χ1v) is 12.7. The number of benzene rings is 4. The molecule has 2 aromatic heterocycles. The van der Waals surface area contributed by atoms with Crippen LogP contribution in [0.25, 0.3) is 49.2 Å². The van der Waals surface area contributed by atoms with Gasteiger partial charge >= 0.3 is 0 Å². The molecule has 2 heterocycles. The summed E-state index contributed by atoms with van der Waals surface area (Å²) >= 11 is 0. The standard InChI is InChI=1S/C35H31N/c1-6-11-26(24-12-8-7-9-13-24)20-23(2)25-16-18-32-30(21-25)28-14-10-15-29-31-22-27(35(3,4)5)17-19-33(31)36(32)34(28)29/h6-22H,2H2,1,3-5H3/b11-6-,26-20+. The van der Waals surface area contributed by atoms with E-state index in [1.165, 1.54) is 49.2 Å². The van der Waals surface area contributed by atoms with Gasteiger partial charge in [0.05, 0.1) is 16.6 Å². The molecular formula is C35H31N. The lowest BCUT2D eigenvalue weighted by Gasteiger charge is -2.19. The van der Waals surface area contributed by atoms with Crippen molar-refractivity contribution in [2.75, 3.05) is 0 Å². The molecule has 0 N–H and O–H groups in total. The summed E-state index contributed by atoms with van der Waals surface area (Å²) < 4.78 is 2.44. The van der Waals surface area contributed by atoms with Gasteiger partial charge in [-0.1, -0.05) is 100 Å². The van der Waals surface area contributed by atoms with Crippen molar-refractivity contribution in [1.82, 2.24) is 4.40 Å². The Labute approximate surface area is 213 Å². The van der Waals surface area contributed by atoms with Gasteiger partial charge in [-0.25, -0.2) is 0 Å². The Hall–Kier alpha value is -4.10. The highest BCUT2D eigenvalue weighted by atomic mass is 14.9. The Morgan fingerprint density at radius 2 is 1.39 bits per heavy atom. The van der Waals surface area contributed by atoms with Crippen molar-refractivity contribution in [2.45, 2.75) is 33.1 Å². The van der Waals surface area contributed by atoms with Crippen molar-refractivity contribution < 1.29 is 0 Å². The molecule has 4 aromatic carbocycles. The summed E-state index contributed by atoms with van der Waals surface area (Å²) in [5.41, 5.74) is 9.84. The smallest absolute Gasteiger partial charge is 0.0620 e. The van der Waals surface area contributed by atoms with Crippen molar-refractivity contribution in [1.29, 1.82) is 0 Å². The summed E-state index contributed by atoms with van der Waals surface area (Å²) in [6.45, 7) is 13.3. The van der Waals surface area contributed by atoms with E-state index >= 15 is 0 Å². The average molecular weight is 466 g/mol. The minimum Gasteiger partial charge on any atom is -0.308 e. The minimum atomic E-state index is 0.122. The van der Waals surface area contributed by atoms with Crippen molar-refractivity contribution >= 4 is 49.2 Å². The first-order valence-electron chi connectivity index (χ1n) is 12.7. The van der Waals surface area contributed by atoms with Gasteiger partial charge in [-0.3, -0.25) is 0 Å². The largest absolute Gasteiger partial charge is 0.308 e. The Kier molecular flexibility index (Phi) is 5.12. The molecule has 0 saturated carbocycles. The monoisotopic (exact) mass is 465 g/mol. The molecular weight excluding hydrogens is 434 g/mol. The van der Waals surface area contributed by atoms with Crippen LogP contribution in [0.2, 0.25) is 0 Å². The fourth-order valence-corrected chi connectivity index (χ4v) is 5.46. The maximum absolute atomic E-state index is 4.45. The molecule has 0 radical (unpaired) electrons. The van der Waals surface area contributed by atoms with Crippen LogP contribution in [0.15, 0.2) is 110 Å². The molecule has 176 valence electrons. The normalized spacial score (nSPS) is 13.2. The lowest BCUT2D eigenvalue weighted by Crippen LogP contribution is -2.10. The first-order chi connectivity index (χ1) is 17.4. The molecule has 36 heavy (non-hydrogen) atoms. The highest BCUT2D eigenvalue weighted by molar-refractivity contribution is 6.23. The van der Waals surface area contributed by atoms with Gasteiger partial charge in [0.2, 0.25) is 0 Å². The van der Waals surface area contributed by atoms with Gasteiger partial charge < -0.3 is 4.40 Å². The SMILES string of the molecule is C=C(/C=C(\C=C/C)c1ccccc1)c1ccc2c(c1)c1cccc3c4cc(C(C)(C)C)ccc4n2c13. The summed E-state index contributed by atoms with van der Waals surface area (Å²) in [5.74, 6) is 0. The zero-order valence-corrected chi connectivity index (χ0v) is 21.5. The topological polar surface area (TPSA) is 4.41 Å². The van der Waals surface area contributed by atoms with Crippen LogP contribution < -0.4 is 0 Å². The molecule has 0 amide bonds. The summed E-state index contributed by atoms with van der Waals surface area (Å²) in [5, 5.41) is 5.23. The van der Waals surface area contributed by atoms with E-state index in [2.05, 4.69) is 142 Å². The number of para-hydroxylation sites is 1. The number of nitrogens with zero attached hydrogens (tertiary/aromatic N) is 1. The Balaban J connectivity index is 1.54. The fraction of sp³-hybridized carbons (Fsp3) is 0.143. The first kappa shape index (κ1) is 22.4. The number of aromatic nitrogens is 1. The molecule has 0 fully saturated rings. The average Bonchev–Trinajstić information content (AvgIpc) is 3.39. The fourth-order valence-electron chi connectivity index (χ4n) is 5.46. The van der Waals surface area contributed by atoms with E-state index in [4.69, 9.17) is 0 Å². The summed E-state index contributed by atoms with van der Waals surface area (Å²) in [7, 11) is 0. The molecule has 0 aliphatic rings. The molecule has 6 aromatic rings. The minimum absolute atomic E-state index is 0.122. The van der Waals surface area contributed by atoms with E-state index in [0.29, 0.717) is 0 Å². The number of hydrogen-bond acceptors (Lipinski definition) is 0. The van der Waals surface area contributed by atoms with Gasteiger partial charge in [0.15, 0.2) is 0 Å². The zero-order valence-electron chi connectivity index (χ0n) is 21.5. The number of hydrogen-bond donors (Lipinski definition) is 0. The number of allylic oxidation sites excluding steroid dienone is 5. The van der Waals surface area contributed by atoms with Gasteiger partial charge in [-0.2, -0.15) is 0 Å². The second-order valence-electron chi connectivity index (χ2n) is 10.7. The molecule has 0 saturated heterocycles. The van der Waals surface area contributed by atoms with Gasteiger partial charge in [0.1, 0.15) is 0 Å². The predicted molar refractivity (Wildman–Crippen MR) is 158 cm³/mol. The molecule has 0 spiro atoms. The molecule has 6 rings (SSSR count). The van der Waals surface area contributed by atoms with Crippen LogP contribution in [0, 0.1) is 0 Å². The third kappa shape index (κ3) is 3.46. The van der Waals surface area contributed by atoms with Crippen molar-refractivity contribution in [3.63, 3.8) is 0 Å². The van der Waals surface area contributed by atoms with Crippen LogP contribution in [0.3, 0.4) is 0 Å². The molecule has 0 unspecified atom stereocenters. The Morgan fingerprint density at radius 3 is 2.06 bits per heavy atom. The third-order valence-electron chi connectivity index (χ3n) is 7.33. The zero-order chi connectivity index (χ0) is 25.0. The lowest BCUT2D eigenvalue weighted by atomic mass is 9.86. The van der Waals surface area contributed by atoms with E-state index < -0.39 is 0 Å². The number of fused-ring (bicyclic) bond motifs is 6. The molecule has 0 aliphatic carbocycles. The van der Waals surface area contributed by atoms with Gasteiger partial charge in [0.25, 0.3) is 0 Å². The number of rotatable bonds is 4. The van der Waals surface area contributed by atoms with Crippen LogP contribution >= 0.6 is 0 Å². The van der Waals surface area contributed by atoms with Crippen LogP contribution in [0.1, 0.15) is 44.4 Å². The van der Waals surface area contributed by atoms with Crippen LogP contribution in [0.4, 0.5) is 0 Å². The second kappa shape index (κ2) is 8.24. The van der Waals surface area contributed by atoms with Crippen molar-refractivity contribution in [3.8, 4) is 0 Å². The van der Waals surface area contributed by atoms with E-state index in [9.17, 15) is 0 Å². The quantitative estimate of drug-likeness (QED) is 0.228. The van der Waals surface area contributed by atoms with Gasteiger partial charge in [-0.05, 0) is 70.5 Å². The maximum atomic E-state index is 4.45. The van der Waals surface area contributed by atoms with E-state index in [0.717, 1.165) is 16.7 Å². The predicted octanol–water partition coefficient (Wildman–Crippen LogP) is 9.81. The second-order valence-corrected chi connectivity index (χ2v) is 10.7. The Morgan fingerprint density at radius 1 is 0.722 bits per heavy atom. The van der Waals surface area contributed by atoms with Crippen LogP contribution in [0.5, 0.6) is 0 Å². The van der Waals surface area contributed by atoms with E-state index in [-0.39, 0.29) is 5.41 Å². The highest BCUT2D eigenvalue weighted by Crippen LogP contribution is 2.41. The van der Waals surface area contributed by atoms with Crippen LogP contribution in [-0.4, -0.2) is 4.40 Å². The molecule has 0 aliphatic heterocycles. The summed E-state index contributed by atoms with van der Waals surface area (Å²) in [6, 6.07) is 31.0. The summed E-state index contributed by atoms with van der Waals surface area (Å²) in [4.78, 5) is 0. The molecule has 0 bridgehead atoms. The van der Waals surface area contributed by atoms with Crippen molar-refractivity contribution in [3.05, 3.63) is 126 Å². The Bertz CT molecular complexity index is 1820. The molecule has 1 heteroatoms. The maximum Gasteiger partial charge on any atom is 0.0620 e.